The molecule has 160 valence electrons. The number of amides is 1. The number of benzene rings is 2. The Labute approximate surface area is 184 Å². The van der Waals surface area contributed by atoms with Crippen molar-refractivity contribution in [2.45, 2.75) is 52.5 Å². The summed E-state index contributed by atoms with van der Waals surface area (Å²) in [6.45, 7) is 12.0. The molecule has 3 rings (SSSR count). The van der Waals surface area contributed by atoms with Gasteiger partial charge in [-0.2, -0.15) is 5.10 Å². The number of nitrogens with zero attached hydrogens (tertiary/aromatic N) is 2. The molecule has 1 N–H and O–H groups in total. The van der Waals surface area contributed by atoms with Crippen molar-refractivity contribution in [3.8, 4) is 5.75 Å². The molecule has 0 saturated heterocycles. The lowest BCUT2D eigenvalue weighted by Gasteiger charge is -2.47. The van der Waals surface area contributed by atoms with Gasteiger partial charge < -0.3 is 9.64 Å². The number of aryl methyl sites for hydroxylation is 1. The maximum absolute atomic E-state index is 12.0. The minimum atomic E-state index is -0.339. The van der Waals surface area contributed by atoms with Crippen LogP contribution >= 0.6 is 11.6 Å². The first kappa shape index (κ1) is 22.2. The monoisotopic (exact) mass is 427 g/mol. The third-order valence-electron chi connectivity index (χ3n) is 5.68. The summed E-state index contributed by atoms with van der Waals surface area (Å²) < 4.78 is 5.43. The van der Waals surface area contributed by atoms with E-state index in [0.29, 0.717) is 16.7 Å². The van der Waals surface area contributed by atoms with E-state index in [2.05, 4.69) is 62.2 Å². The van der Waals surface area contributed by atoms with Crippen LogP contribution in [0.2, 0.25) is 5.02 Å². The highest BCUT2D eigenvalue weighted by Gasteiger charge is 2.35. The van der Waals surface area contributed by atoms with Gasteiger partial charge in [-0.3, -0.25) is 4.79 Å². The number of hydrazone groups is 1. The fraction of sp³-hybridized carbons (Fsp3) is 0.417. The second-order valence-electron chi connectivity index (χ2n) is 8.44. The molecule has 1 amide bonds. The summed E-state index contributed by atoms with van der Waals surface area (Å²) in [4.78, 5) is 14.5. The van der Waals surface area contributed by atoms with Crippen molar-refractivity contribution in [3.05, 3.63) is 58.1 Å². The lowest BCUT2D eigenvalue weighted by Crippen LogP contribution is -2.48. The van der Waals surface area contributed by atoms with Crippen molar-refractivity contribution < 1.29 is 9.53 Å². The fourth-order valence-corrected chi connectivity index (χ4v) is 4.49. The molecule has 1 aliphatic heterocycles. The van der Waals surface area contributed by atoms with Crippen LogP contribution in [0.3, 0.4) is 0 Å². The smallest absolute Gasteiger partial charge is 0.277 e. The Morgan fingerprint density at radius 2 is 2.10 bits per heavy atom. The molecule has 6 heteroatoms. The summed E-state index contributed by atoms with van der Waals surface area (Å²) in [5, 5.41) is 4.60. The number of anilines is 1. The van der Waals surface area contributed by atoms with Crippen molar-refractivity contribution in [1.82, 2.24) is 5.43 Å². The van der Waals surface area contributed by atoms with Crippen LogP contribution in [0, 0.1) is 6.92 Å². The van der Waals surface area contributed by atoms with Gasteiger partial charge in [-0.15, -0.1) is 0 Å². The molecule has 0 aromatic heterocycles. The summed E-state index contributed by atoms with van der Waals surface area (Å²) >= 11 is 6.03. The standard InChI is InChI=1S/C24H30ClN3O2/c1-6-28-21-11-16(2)18(12-19(21)17(3)13-24(28,4)5)14-26-27-23(29)15-30-22-10-8-7-9-20(22)25/h7-12,14,17H,6,13,15H2,1-5H3,(H,27,29)/b26-14+. The summed E-state index contributed by atoms with van der Waals surface area (Å²) in [5.41, 5.74) is 7.42. The van der Waals surface area contributed by atoms with Gasteiger partial charge in [-0.1, -0.05) is 30.7 Å². The molecule has 1 heterocycles. The number of fused-ring (bicyclic) bond motifs is 1. The summed E-state index contributed by atoms with van der Waals surface area (Å²) in [6.07, 6.45) is 2.80. The molecule has 30 heavy (non-hydrogen) atoms. The van der Waals surface area contributed by atoms with E-state index in [9.17, 15) is 4.79 Å². The number of nitrogens with one attached hydrogen (secondary N) is 1. The first-order valence-electron chi connectivity index (χ1n) is 10.3. The van der Waals surface area contributed by atoms with Crippen LogP contribution in [0.1, 0.15) is 56.7 Å². The van der Waals surface area contributed by atoms with Gasteiger partial charge in [0.2, 0.25) is 0 Å². The average Bonchev–Trinajstić information content (AvgIpc) is 2.68. The molecule has 0 bridgehead atoms. The van der Waals surface area contributed by atoms with E-state index in [4.69, 9.17) is 16.3 Å². The van der Waals surface area contributed by atoms with Gasteiger partial charge >= 0.3 is 0 Å². The quantitative estimate of drug-likeness (QED) is 0.503. The van der Waals surface area contributed by atoms with E-state index < -0.39 is 0 Å². The molecule has 5 nitrogen and oxygen atoms in total. The lowest BCUT2D eigenvalue weighted by atomic mass is 9.79. The molecule has 0 aliphatic carbocycles. The minimum absolute atomic E-state index is 0.138. The highest BCUT2D eigenvalue weighted by atomic mass is 35.5. The van der Waals surface area contributed by atoms with Crippen molar-refractivity contribution in [2.24, 2.45) is 5.10 Å². The Kier molecular flexibility index (Phi) is 6.71. The van der Waals surface area contributed by atoms with Crippen LogP contribution in [-0.4, -0.2) is 30.8 Å². The van der Waals surface area contributed by atoms with Crippen molar-refractivity contribution in [1.29, 1.82) is 0 Å². The molecule has 0 fully saturated rings. The number of hydrogen-bond donors (Lipinski definition) is 1. The molecule has 0 radical (unpaired) electrons. The molecule has 2 aromatic carbocycles. The van der Waals surface area contributed by atoms with Gasteiger partial charge in [-0.05, 0) is 81.0 Å². The van der Waals surface area contributed by atoms with E-state index in [0.717, 1.165) is 24.1 Å². The highest BCUT2D eigenvalue weighted by molar-refractivity contribution is 6.32. The molecule has 0 saturated carbocycles. The highest BCUT2D eigenvalue weighted by Crippen LogP contribution is 2.43. The Bertz CT molecular complexity index is 955. The molecule has 0 spiro atoms. The number of carbonyl (C=O) groups is 1. The SMILES string of the molecule is CCN1c2cc(C)c(/C=N/NC(=O)COc3ccccc3Cl)cc2C(C)CC1(C)C. The van der Waals surface area contributed by atoms with Gasteiger partial charge in [0, 0.05) is 17.8 Å². The van der Waals surface area contributed by atoms with E-state index in [1.54, 1.807) is 24.4 Å². The zero-order valence-electron chi connectivity index (χ0n) is 18.3. The van der Waals surface area contributed by atoms with E-state index in [1.807, 2.05) is 6.07 Å². The van der Waals surface area contributed by atoms with Crippen LogP contribution < -0.4 is 15.1 Å². The number of para-hydroxylation sites is 1. The zero-order valence-corrected chi connectivity index (χ0v) is 19.1. The molecule has 2 aromatic rings. The largest absolute Gasteiger partial charge is 0.482 e. The van der Waals surface area contributed by atoms with Gasteiger partial charge in [0.15, 0.2) is 6.61 Å². The predicted molar refractivity (Wildman–Crippen MR) is 124 cm³/mol. The van der Waals surface area contributed by atoms with E-state index in [-0.39, 0.29) is 18.1 Å². The summed E-state index contributed by atoms with van der Waals surface area (Å²) in [6, 6.07) is 11.5. The maximum Gasteiger partial charge on any atom is 0.277 e. The Balaban J connectivity index is 1.68. The Morgan fingerprint density at radius 1 is 1.37 bits per heavy atom. The van der Waals surface area contributed by atoms with Crippen molar-refractivity contribution >= 4 is 29.4 Å². The van der Waals surface area contributed by atoms with Gasteiger partial charge in [0.05, 0.1) is 11.2 Å². The number of carbonyl (C=O) groups excluding carboxylic acids is 1. The number of halogens is 1. The predicted octanol–water partition coefficient (Wildman–Crippen LogP) is 5.29. The molecular formula is C24H30ClN3O2. The maximum atomic E-state index is 12.0. The second-order valence-corrected chi connectivity index (χ2v) is 8.85. The number of ether oxygens (including phenoxy) is 1. The average molecular weight is 428 g/mol. The van der Waals surface area contributed by atoms with Crippen molar-refractivity contribution in [2.75, 3.05) is 18.1 Å². The van der Waals surface area contributed by atoms with Crippen molar-refractivity contribution in [3.63, 3.8) is 0 Å². The lowest BCUT2D eigenvalue weighted by molar-refractivity contribution is -0.123. The van der Waals surface area contributed by atoms with Crippen LogP contribution in [0.5, 0.6) is 5.75 Å². The topological polar surface area (TPSA) is 53.9 Å². The summed E-state index contributed by atoms with van der Waals surface area (Å²) in [5.74, 6) is 0.597. The number of hydrogen-bond acceptors (Lipinski definition) is 4. The Morgan fingerprint density at radius 3 is 2.80 bits per heavy atom. The van der Waals surface area contributed by atoms with E-state index in [1.165, 1.54) is 11.3 Å². The molecule has 1 unspecified atom stereocenters. The molecule has 1 aliphatic rings. The van der Waals surface area contributed by atoms with Crippen LogP contribution in [0.4, 0.5) is 5.69 Å². The fourth-order valence-electron chi connectivity index (χ4n) is 4.30. The first-order valence-corrected chi connectivity index (χ1v) is 10.7. The second kappa shape index (κ2) is 9.09. The molecular weight excluding hydrogens is 398 g/mol. The minimum Gasteiger partial charge on any atom is -0.482 e. The summed E-state index contributed by atoms with van der Waals surface area (Å²) in [7, 11) is 0. The van der Waals surface area contributed by atoms with Crippen LogP contribution in [-0.2, 0) is 4.79 Å². The van der Waals surface area contributed by atoms with Gasteiger partial charge in [0.25, 0.3) is 5.91 Å². The third-order valence-corrected chi connectivity index (χ3v) is 5.99. The van der Waals surface area contributed by atoms with Gasteiger partial charge in [-0.25, -0.2) is 5.43 Å². The Hall–Kier alpha value is -2.53. The van der Waals surface area contributed by atoms with Gasteiger partial charge in [0.1, 0.15) is 5.75 Å². The van der Waals surface area contributed by atoms with E-state index >= 15 is 0 Å². The first-order chi connectivity index (χ1) is 14.2. The number of rotatable bonds is 6. The van der Waals surface area contributed by atoms with Crippen LogP contribution in [0.15, 0.2) is 41.5 Å². The molecule has 1 atom stereocenters. The third kappa shape index (κ3) is 4.78. The van der Waals surface area contributed by atoms with Crippen LogP contribution in [0.25, 0.3) is 0 Å². The normalized spacial score (nSPS) is 17.7. The zero-order chi connectivity index (χ0) is 21.9.